The van der Waals surface area contributed by atoms with Crippen LogP contribution in [0.15, 0.2) is 42.5 Å². The fourth-order valence-electron chi connectivity index (χ4n) is 1.91. The minimum Gasteiger partial charge on any atom is -0.325 e. The highest BCUT2D eigenvalue weighted by Gasteiger charge is 2.20. The van der Waals surface area contributed by atoms with Gasteiger partial charge in [-0.1, -0.05) is 36.4 Å². The van der Waals surface area contributed by atoms with Gasteiger partial charge in [0.1, 0.15) is 6.04 Å². The van der Waals surface area contributed by atoms with E-state index in [-0.39, 0.29) is 0 Å². The van der Waals surface area contributed by atoms with Gasteiger partial charge in [0.25, 0.3) is 0 Å². The summed E-state index contributed by atoms with van der Waals surface area (Å²) in [5, 5.41) is 2.65. The Labute approximate surface area is 97.9 Å². The molecule has 0 aliphatic heterocycles. The van der Waals surface area contributed by atoms with E-state index in [1.54, 1.807) is 0 Å². The van der Waals surface area contributed by atoms with E-state index in [4.69, 9.17) is 0 Å². The lowest BCUT2D eigenvalue weighted by molar-refractivity contribution is -0.900. The third kappa shape index (κ3) is 2.10. The molecule has 0 saturated carbocycles. The van der Waals surface area contributed by atoms with Gasteiger partial charge in [-0.15, -0.1) is 0 Å². The van der Waals surface area contributed by atoms with E-state index in [1.807, 2.05) is 0 Å². The first-order chi connectivity index (χ1) is 7.48. The summed E-state index contributed by atoms with van der Waals surface area (Å²) < 4.78 is 0.957. The SMILES string of the molecule is C[C@@H](c1ccc2ccccc2c1)[N+](C)(C)C. The fraction of sp³-hybridized carbons (Fsp3) is 0.333. The van der Waals surface area contributed by atoms with Gasteiger partial charge < -0.3 is 4.48 Å². The summed E-state index contributed by atoms with van der Waals surface area (Å²) in [6.45, 7) is 2.28. The van der Waals surface area contributed by atoms with Gasteiger partial charge in [0.2, 0.25) is 0 Å². The van der Waals surface area contributed by atoms with E-state index >= 15 is 0 Å². The Morgan fingerprint density at radius 2 is 1.50 bits per heavy atom. The van der Waals surface area contributed by atoms with E-state index in [2.05, 4.69) is 70.5 Å². The van der Waals surface area contributed by atoms with Crippen molar-refractivity contribution in [3.63, 3.8) is 0 Å². The van der Waals surface area contributed by atoms with Gasteiger partial charge in [0.05, 0.1) is 21.1 Å². The molecular formula is C15H20N+. The molecule has 0 amide bonds. The summed E-state index contributed by atoms with van der Waals surface area (Å²) in [7, 11) is 6.71. The highest BCUT2D eigenvalue weighted by atomic mass is 15.3. The van der Waals surface area contributed by atoms with Crippen molar-refractivity contribution < 1.29 is 4.48 Å². The molecule has 0 heterocycles. The molecule has 0 N–H and O–H groups in total. The first kappa shape index (κ1) is 11.2. The molecule has 1 heteroatoms. The fourth-order valence-corrected chi connectivity index (χ4v) is 1.91. The molecule has 0 radical (unpaired) electrons. The summed E-state index contributed by atoms with van der Waals surface area (Å²) in [6.07, 6.45) is 0. The minimum absolute atomic E-state index is 0.518. The number of rotatable bonds is 2. The average Bonchev–Trinajstić information content (AvgIpc) is 2.26. The van der Waals surface area contributed by atoms with E-state index < -0.39 is 0 Å². The summed E-state index contributed by atoms with van der Waals surface area (Å²) in [5.74, 6) is 0. The number of nitrogens with zero attached hydrogens (tertiary/aromatic N) is 1. The smallest absolute Gasteiger partial charge is 0.111 e. The van der Waals surface area contributed by atoms with Crippen LogP contribution in [0.3, 0.4) is 0 Å². The zero-order valence-electron chi connectivity index (χ0n) is 10.6. The maximum absolute atomic E-state index is 2.31. The molecule has 1 atom stereocenters. The zero-order chi connectivity index (χ0) is 11.8. The highest BCUT2D eigenvalue weighted by Crippen LogP contribution is 2.25. The van der Waals surface area contributed by atoms with Gasteiger partial charge >= 0.3 is 0 Å². The van der Waals surface area contributed by atoms with Crippen LogP contribution in [0.2, 0.25) is 0 Å². The Bertz CT molecular complexity index is 494. The second-order valence-corrected chi connectivity index (χ2v) is 5.40. The van der Waals surface area contributed by atoms with Crippen LogP contribution in [-0.2, 0) is 0 Å². The zero-order valence-corrected chi connectivity index (χ0v) is 10.6. The lowest BCUT2D eigenvalue weighted by atomic mass is 10.0. The van der Waals surface area contributed by atoms with E-state index in [9.17, 15) is 0 Å². The summed E-state index contributed by atoms with van der Waals surface area (Å²) in [5.41, 5.74) is 1.41. The second-order valence-electron chi connectivity index (χ2n) is 5.40. The average molecular weight is 214 g/mol. The van der Waals surface area contributed by atoms with Crippen molar-refractivity contribution in [1.82, 2.24) is 0 Å². The van der Waals surface area contributed by atoms with Gasteiger partial charge in [0.15, 0.2) is 0 Å². The highest BCUT2D eigenvalue weighted by molar-refractivity contribution is 5.83. The molecule has 2 aromatic carbocycles. The van der Waals surface area contributed by atoms with E-state index in [0.717, 1.165) is 4.48 Å². The maximum Gasteiger partial charge on any atom is 0.111 e. The van der Waals surface area contributed by atoms with Gasteiger partial charge in [-0.25, -0.2) is 0 Å². The Balaban J connectivity index is 2.47. The Kier molecular flexibility index (Phi) is 2.73. The van der Waals surface area contributed by atoms with Gasteiger partial charge in [-0.05, 0) is 23.8 Å². The molecule has 0 saturated heterocycles. The summed E-state index contributed by atoms with van der Waals surface area (Å²) >= 11 is 0. The van der Waals surface area contributed by atoms with Crippen LogP contribution in [0.1, 0.15) is 18.5 Å². The monoisotopic (exact) mass is 214 g/mol. The predicted octanol–water partition coefficient (Wildman–Crippen LogP) is 3.61. The number of hydrogen-bond acceptors (Lipinski definition) is 0. The van der Waals surface area contributed by atoms with Crippen LogP contribution in [0.25, 0.3) is 10.8 Å². The standard InChI is InChI=1S/C15H20N/c1-12(16(2,3)4)14-10-9-13-7-5-6-8-15(13)11-14/h5-12H,1-4H3/q+1/t12-/m0/s1. The molecule has 2 aromatic rings. The van der Waals surface area contributed by atoms with Crippen LogP contribution in [-0.4, -0.2) is 25.6 Å². The maximum atomic E-state index is 2.31. The summed E-state index contributed by atoms with van der Waals surface area (Å²) in [4.78, 5) is 0. The largest absolute Gasteiger partial charge is 0.325 e. The molecule has 2 rings (SSSR count). The van der Waals surface area contributed by atoms with Crippen LogP contribution in [0.5, 0.6) is 0 Å². The lowest BCUT2D eigenvalue weighted by Gasteiger charge is -2.32. The first-order valence-electron chi connectivity index (χ1n) is 5.78. The molecular weight excluding hydrogens is 194 g/mol. The van der Waals surface area contributed by atoms with Crippen molar-refractivity contribution in [2.75, 3.05) is 21.1 Å². The molecule has 1 nitrogen and oxygen atoms in total. The predicted molar refractivity (Wildman–Crippen MR) is 70.4 cm³/mol. The minimum atomic E-state index is 0.518. The normalized spacial score (nSPS) is 14.0. The van der Waals surface area contributed by atoms with Gasteiger partial charge in [0, 0.05) is 5.56 Å². The Morgan fingerprint density at radius 1 is 0.875 bits per heavy atom. The van der Waals surface area contributed by atoms with Crippen LogP contribution >= 0.6 is 0 Å². The lowest BCUT2D eigenvalue weighted by Crippen LogP contribution is -2.37. The topological polar surface area (TPSA) is 0 Å². The number of fused-ring (bicyclic) bond motifs is 1. The molecule has 0 aliphatic carbocycles. The number of hydrogen-bond donors (Lipinski definition) is 0. The molecule has 16 heavy (non-hydrogen) atoms. The van der Waals surface area contributed by atoms with Crippen LogP contribution < -0.4 is 0 Å². The van der Waals surface area contributed by atoms with Crippen molar-refractivity contribution >= 4 is 10.8 Å². The molecule has 0 bridgehead atoms. The third-order valence-corrected chi connectivity index (χ3v) is 3.42. The first-order valence-corrected chi connectivity index (χ1v) is 5.78. The van der Waals surface area contributed by atoms with Gasteiger partial charge in [-0.2, -0.15) is 0 Å². The van der Waals surface area contributed by atoms with Gasteiger partial charge in [-0.3, -0.25) is 0 Å². The van der Waals surface area contributed by atoms with Crippen molar-refractivity contribution in [2.45, 2.75) is 13.0 Å². The molecule has 0 spiro atoms. The number of benzene rings is 2. The Morgan fingerprint density at radius 3 is 2.12 bits per heavy atom. The third-order valence-electron chi connectivity index (χ3n) is 3.42. The molecule has 0 aliphatic rings. The quantitative estimate of drug-likeness (QED) is 0.670. The molecule has 84 valence electrons. The number of quaternary nitrogens is 1. The van der Waals surface area contributed by atoms with Crippen molar-refractivity contribution in [3.8, 4) is 0 Å². The van der Waals surface area contributed by atoms with E-state index in [1.165, 1.54) is 16.3 Å². The van der Waals surface area contributed by atoms with Crippen molar-refractivity contribution in [3.05, 3.63) is 48.0 Å². The summed E-state index contributed by atoms with van der Waals surface area (Å²) in [6, 6.07) is 15.8. The van der Waals surface area contributed by atoms with Crippen molar-refractivity contribution in [1.29, 1.82) is 0 Å². The molecule has 0 unspecified atom stereocenters. The second kappa shape index (κ2) is 3.91. The molecule has 0 fully saturated rings. The Hall–Kier alpha value is -1.34. The van der Waals surface area contributed by atoms with Crippen LogP contribution in [0.4, 0.5) is 0 Å². The van der Waals surface area contributed by atoms with Crippen molar-refractivity contribution in [2.24, 2.45) is 0 Å². The van der Waals surface area contributed by atoms with Crippen LogP contribution in [0, 0.1) is 0 Å². The molecule has 0 aromatic heterocycles. The van der Waals surface area contributed by atoms with E-state index in [0.29, 0.717) is 6.04 Å².